The third-order valence-electron chi connectivity index (χ3n) is 2.22. The average molecular weight is 201 g/mol. The highest BCUT2D eigenvalue weighted by Crippen LogP contribution is 2.04. The van der Waals surface area contributed by atoms with E-state index in [-0.39, 0.29) is 0 Å². The van der Waals surface area contributed by atoms with E-state index in [1.54, 1.807) is 0 Å². The number of anilines is 1. The maximum atomic E-state index is 4.32. The van der Waals surface area contributed by atoms with Gasteiger partial charge >= 0.3 is 0 Å². The van der Waals surface area contributed by atoms with Crippen molar-refractivity contribution in [2.24, 2.45) is 0 Å². The molecule has 1 aromatic heterocycles. The zero-order valence-electron chi connectivity index (χ0n) is 8.85. The molecular weight excluding hydrogens is 186 g/mol. The number of para-hydroxylation sites is 1. The van der Waals surface area contributed by atoms with Crippen LogP contribution in [0.4, 0.5) is 5.69 Å². The van der Waals surface area contributed by atoms with Gasteiger partial charge in [0.15, 0.2) is 0 Å². The Kier molecular flexibility index (Phi) is 3.02. The van der Waals surface area contributed by atoms with Crippen molar-refractivity contribution in [3.63, 3.8) is 0 Å². The molecule has 1 heterocycles. The molecule has 78 valence electrons. The van der Waals surface area contributed by atoms with Crippen LogP contribution in [0.25, 0.3) is 0 Å². The van der Waals surface area contributed by atoms with Gasteiger partial charge in [0.2, 0.25) is 0 Å². The van der Waals surface area contributed by atoms with Crippen LogP contribution in [0.1, 0.15) is 5.69 Å². The number of benzene rings is 1. The number of aromatic nitrogens is 2. The lowest BCUT2D eigenvalue weighted by atomic mass is 10.3. The van der Waals surface area contributed by atoms with Gasteiger partial charge in [-0.1, -0.05) is 18.2 Å². The summed E-state index contributed by atoms with van der Waals surface area (Å²) in [5, 5.41) is 7.66. The third-order valence-corrected chi connectivity index (χ3v) is 2.22. The lowest BCUT2D eigenvalue weighted by molar-refractivity contribution is 0.632. The number of hydrogen-bond donors (Lipinski definition) is 1. The van der Waals surface area contributed by atoms with E-state index >= 15 is 0 Å². The monoisotopic (exact) mass is 201 g/mol. The zero-order valence-corrected chi connectivity index (χ0v) is 8.85. The molecule has 15 heavy (non-hydrogen) atoms. The Labute approximate surface area is 89.7 Å². The Hall–Kier alpha value is -1.77. The van der Waals surface area contributed by atoms with Crippen LogP contribution in [0.15, 0.2) is 42.6 Å². The van der Waals surface area contributed by atoms with Gasteiger partial charge in [0, 0.05) is 18.4 Å². The van der Waals surface area contributed by atoms with E-state index in [9.17, 15) is 0 Å². The fourth-order valence-electron chi connectivity index (χ4n) is 1.46. The number of nitrogens with one attached hydrogen (secondary N) is 1. The Balaban J connectivity index is 1.80. The van der Waals surface area contributed by atoms with Crippen molar-refractivity contribution < 1.29 is 0 Å². The molecule has 2 aromatic rings. The van der Waals surface area contributed by atoms with Crippen molar-refractivity contribution in [3.05, 3.63) is 48.3 Å². The second-order valence-electron chi connectivity index (χ2n) is 3.51. The van der Waals surface area contributed by atoms with Crippen LogP contribution >= 0.6 is 0 Å². The van der Waals surface area contributed by atoms with Gasteiger partial charge in [0.25, 0.3) is 0 Å². The van der Waals surface area contributed by atoms with Gasteiger partial charge in [0.05, 0.1) is 12.2 Å². The van der Waals surface area contributed by atoms with Crippen LogP contribution < -0.4 is 5.32 Å². The van der Waals surface area contributed by atoms with E-state index < -0.39 is 0 Å². The first-order valence-corrected chi connectivity index (χ1v) is 5.13. The van der Waals surface area contributed by atoms with Crippen molar-refractivity contribution >= 4 is 5.69 Å². The molecule has 0 saturated carbocycles. The summed E-state index contributed by atoms with van der Waals surface area (Å²) < 4.78 is 1.95. The standard InChI is InChI=1S/C12H15N3/c1-11-7-9-15(14-11)10-8-13-12-5-3-2-4-6-12/h2-7,9,13H,8,10H2,1H3. The highest BCUT2D eigenvalue weighted by Gasteiger charge is 1.93. The number of aryl methyl sites for hydroxylation is 1. The molecular formula is C12H15N3. The zero-order chi connectivity index (χ0) is 10.5. The van der Waals surface area contributed by atoms with Gasteiger partial charge in [-0.3, -0.25) is 4.68 Å². The Morgan fingerprint density at radius 1 is 1.20 bits per heavy atom. The lowest BCUT2D eigenvalue weighted by Gasteiger charge is -2.05. The number of rotatable bonds is 4. The van der Waals surface area contributed by atoms with Crippen LogP contribution in [0.5, 0.6) is 0 Å². The van der Waals surface area contributed by atoms with Crippen LogP contribution in [-0.4, -0.2) is 16.3 Å². The van der Waals surface area contributed by atoms with Crippen molar-refractivity contribution in [3.8, 4) is 0 Å². The van der Waals surface area contributed by atoms with Gasteiger partial charge in [-0.05, 0) is 25.1 Å². The predicted molar refractivity (Wildman–Crippen MR) is 61.9 cm³/mol. The predicted octanol–water partition coefficient (Wildman–Crippen LogP) is 2.30. The molecule has 0 saturated heterocycles. The quantitative estimate of drug-likeness (QED) is 0.822. The minimum Gasteiger partial charge on any atom is -0.383 e. The lowest BCUT2D eigenvalue weighted by Crippen LogP contribution is -2.10. The summed E-state index contributed by atoms with van der Waals surface area (Å²) in [6.07, 6.45) is 2.00. The SMILES string of the molecule is Cc1ccn(CCNc2ccccc2)n1. The molecule has 3 heteroatoms. The molecule has 1 aromatic carbocycles. The number of hydrogen-bond acceptors (Lipinski definition) is 2. The minimum absolute atomic E-state index is 0.892. The normalized spacial score (nSPS) is 10.2. The first kappa shape index (κ1) is 9.77. The molecule has 3 nitrogen and oxygen atoms in total. The molecule has 0 unspecified atom stereocenters. The molecule has 0 spiro atoms. The van der Waals surface area contributed by atoms with E-state index in [0.29, 0.717) is 0 Å². The molecule has 0 aliphatic rings. The second kappa shape index (κ2) is 4.64. The largest absolute Gasteiger partial charge is 0.383 e. The fraction of sp³-hybridized carbons (Fsp3) is 0.250. The minimum atomic E-state index is 0.892. The molecule has 0 aliphatic heterocycles. The Bertz CT molecular complexity index is 406. The van der Waals surface area contributed by atoms with Gasteiger partial charge < -0.3 is 5.32 Å². The Morgan fingerprint density at radius 3 is 2.67 bits per heavy atom. The summed E-state index contributed by atoms with van der Waals surface area (Å²) in [4.78, 5) is 0. The van der Waals surface area contributed by atoms with E-state index in [2.05, 4.69) is 22.5 Å². The molecule has 0 radical (unpaired) electrons. The molecule has 1 N–H and O–H groups in total. The van der Waals surface area contributed by atoms with Crippen LogP contribution in [0.2, 0.25) is 0 Å². The summed E-state index contributed by atoms with van der Waals surface area (Å²) in [5.74, 6) is 0. The summed E-state index contributed by atoms with van der Waals surface area (Å²) in [5.41, 5.74) is 2.22. The van der Waals surface area contributed by atoms with Crippen molar-refractivity contribution in [2.75, 3.05) is 11.9 Å². The van der Waals surface area contributed by atoms with Gasteiger partial charge in [-0.15, -0.1) is 0 Å². The highest BCUT2D eigenvalue weighted by molar-refractivity contribution is 5.42. The highest BCUT2D eigenvalue weighted by atomic mass is 15.3. The van der Waals surface area contributed by atoms with Gasteiger partial charge in [-0.25, -0.2) is 0 Å². The van der Waals surface area contributed by atoms with Crippen molar-refractivity contribution in [2.45, 2.75) is 13.5 Å². The maximum absolute atomic E-state index is 4.32. The molecule has 0 bridgehead atoms. The van der Waals surface area contributed by atoms with Gasteiger partial charge in [-0.2, -0.15) is 5.10 Å². The maximum Gasteiger partial charge on any atom is 0.0593 e. The first-order chi connectivity index (χ1) is 7.34. The molecule has 0 aliphatic carbocycles. The second-order valence-corrected chi connectivity index (χ2v) is 3.51. The summed E-state index contributed by atoms with van der Waals surface area (Å²) in [6, 6.07) is 12.2. The molecule has 0 amide bonds. The fourth-order valence-corrected chi connectivity index (χ4v) is 1.46. The summed E-state index contributed by atoms with van der Waals surface area (Å²) in [6.45, 7) is 3.79. The van der Waals surface area contributed by atoms with E-state index in [1.165, 1.54) is 0 Å². The number of nitrogens with zero attached hydrogens (tertiary/aromatic N) is 2. The Morgan fingerprint density at radius 2 is 2.00 bits per heavy atom. The van der Waals surface area contributed by atoms with E-state index in [1.807, 2.05) is 42.1 Å². The molecule has 0 fully saturated rings. The van der Waals surface area contributed by atoms with E-state index in [0.717, 1.165) is 24.5 Å². The van der Waals surface area contributed by atoms with Crippen LogP contribution in [0, 0.1) is 6.92 Å². The van der Waals surface area contributed by atoms with Gasteiger partial charge in [0.1, 0.15) is 0 Å². The van der Waals surface area contributed by atoms with Crippen molar-refractivity contribution in [1.82, 2.24) is 9.78 Å². The van der Waals surface area contributed by atoms with Crippen LogP contribution in [-0.2, 0) is 6.54 Å². The summed E-state index contributed by atoms with van der Waals surface area (Å²) in [7, 11) is 0. The molecule has 2 rings (SSSR count). The molecule has 0 atom stereocenters. The van der Waals surface area contributed by atoms with Crippen molar-refractivity contribution in [1.29, 1.82) is 0 Å². The average Bonchev–Trinajstić information content (AvgIpc) is 2.66. The van der Waals surface area contributed by atoms with Crippen LogP contribution in [0.3, 0.4) is 0 Å². The van der Waals surface area contributed by atoms with E-state index in [4.69, 9.17) is 0 Å². The first-order valence-electron chi connectivity index (χ1n) is 5.13. The summed E-state index contributed by atoms with van der Waals surface area (Å²) >= 11 is 0. The topological polar surface area (TPSA) is 29.9 Å². The third kappa shape index (κ3) is 2.84. The smallest absolute Gasteiger partial charge is 0.0593 e.